The molecule has 4 nitrogen and oxygen atoms in total. The Balaban J connectivity index is 1.14. The number of fused-ring (bicyclic) bond motifs is 11. The maximum absolute atomic E-state index is 6.44. The maximum Gasteiger partial charge on any atom is 0.227 e. The molecule has 0 aliphatic heterocycles. The predicted molar refractivity (Wildman–Crippen MR) is 209 cm³/mol. The highest BCUT2D eigenvalue weighted by Crippen LogP contribution is 2.44. The smallest absolute Gasteiger partial charge is 0.227 e. The Labute approximate surface area is 290 Å². The van der Waals surface area contributed by atoms with Crippen molar-refractivity contribution in [1.82, 2.24) is 4.98 Å². The zero-order valence-electron chi connectivity index (χ0n) is 26.6. The maximum atomic E-state index is 6.44. The highest BCUT2D eigenvalue weighted by atomic mass is 32.1. The molecule has 234 valence electrons. The number of para-hydroxylation sites is 1. The van der Waals surface area contributed by atoms with Crippen LogP contribution in [0, 0.1) is 0 Å². The lowest BCUT2D eigenvalue weighted by Gasteiger charge is -2.26. The number of benzene rings is 8. The molecule has 0 unspecified atom stereocenters. The van der Waals surface area contributed by atoms with E-state index in [1.54, 1.807) is 0 Å². The Morgan fingerprint density at radius 1 is 0.440 bits per heavy atom. The zero-order chi connectivity index (χ0) is 32.8. The molecule has 11 rings (SSSR count). The van der Waals surface area contributed by atoms with Crippen LogP contribution in [0.4, 0.5) is 17.1 Å². The quantitative estimate of drug-likeness (QED) is 0.177. The normalized spacial score (nSPS) is 12.0. The second kappa shape index (κ2) is 10.5. The molecule has 0 saturated heterocycles. The van der Waals surface area contributed by atoms with Gasteiger partial charge >= 0.3 is 0 Å². The van der Waals surface area contributed by atoms with Crippen LogP contribution in [-0.2, 0) is 0 Å². The molecule has 8 aromatic carbocycles. The lowest BCUT2D eigenvalue weighted by atomic mass is 10.00. The van der Waals surface area contributed by atoms with Gasteiger partial charge in [-0.05, 0) is 95.0 Å². The first kappa shape index (κ1) is 27.5. The molecule has 0 N–H and O–H groups in total. The van der Waals surface area contributed by atoms with Gasteiger partial charge in [0.05, 0.1) is 0 Å². The number of nitrogens with zero attached hydrogens (tertiary/aromatic N) is 2. The molecule has 0 aliphatic rings. The van der Waals surface area contributed by atoms with Crippen molar-refractivity contribution < 1.29 is 8.83 Å². The molecule has 3 heterocycles. The third-order valence-electron chi connectivity index (χ3n) is 9.87. The number of rotatable bonds is 4. The summed E-state index contributed by atoms with van der Waals surface area (Å²) in [5, 5.41) is 9.25. The summed E-state index contributed by atoms with van der Waals surface area (Å²) in [7, 11) is 0. The van der Waals surface area contributed by atoms with E-state index in [0.717, 1.165) is 77.2 Å². The van der Waals surface area contributed by atoms with E-state index in [-0.39, 0.29) is 0 Å². The third kappa shape index (κ3) is 4.14. The van der Waals surface area contributed by atoms with Crippen LogP contribution < -0.4 is 4.90 Å². The Bertz CT molecular complexity index is 3120. The van der Waals surface area contributed by atoms with Crippen molar-refractivity contribution in [2.45, 2.75) is 0 Å². The van der Waals surface area contributed by atoms with Crippen LogP contribution in [0.3, 0.4) is 0 Å². The number of aromatic nitrogens is 1. The van der Waals surface area contributed by atoms with Crippen molar-refractivity contribution in [3.8, 4) is 11.5 Å². The SMILES string of the molecule is c1ccc(-c2nc3ccc4c5cc(N(c6ccc7c(c6)oc6ccccc67)c6ccc7sc8ccccc8c7c6)ccc5ccc4c3o2)cc1. The molecular formula is C45H26N2O2S. The molecule has 0 amide bonds. The van der Waals surface area contributed by atoms with E-state index in [1.807, 2.05) is 53.8 Å². The van der Waals surface area contributed by atoms with Gasteiger partial charge in [0.15, 0.2) is 5.58 Å². The standard InChI is InChI=1S/C45H26N2O2S/c1-2-8-28(9-3-1)45-46-39-22-21-32-36(44(39)49-45)19-15-27-14-16-29(24-37(27)32)47(30-18-23-43-38(25-30)35-11-5-7-13-42(35)50-43)31-17-20-34-33-10-4-6-12-40(33)48-41(34)26-31/h1-26H. The fourth-order valence-corrected chi connectivity index (χ4v) is 8.59. The van der Waals surface area contributed by atoms with Gasteiger partial charge in [-0.15, -0.1) is 11.3 Å². The number of thiophene rings is 1. The number of furan rings is 1. The van der Waals surface area contributed by atoms with Crippen molar-refractivity contribution in [2.24, 2.45) is 0 Å². The average Bonchev–Trinajstić information content (AvgIpc) is 3.88. The summed E-state index contributed by atoms with van der Waals surface area (Å²) in [6, 6.07) is 55.7. The Kier molecular flexibility index (Phi) is 5.80. The number of hydrogen-bond donors (Lipinski definition) is 0. The number of anilines is 3. The van der Waals surface area contributed by atoms with Crippen molar-refractivity contribution in [3.05, 3.63) is 158 Å². The second-order valence-corrected chi connectivity index (χ2v) is 13.8. The van der Waals surface area contributed by atoms with Gasteiger partial charge in [0.1, 0.15) is 16.7 Å². The minimum atomic E-state index is 0.630. The topological polar surface area (TPSA) is 42.4 Å². The Hall–Kier alpha value is -6.43. The van der Waals surface area contributed by atoms with Crippen molar-refractivity contribution >= 4 is 103 Å². The van der Waals surface area contributed by atoms with Crippen LogP contribution in [0.15, 0.2) is 167 Å². The molecule has 5 heteroatoms. The molecule has 0 saturated carbocycles. The molecule has 0 spiro atoms. The van der Waals surface area contributed by atoms with Gasteiger partial charge in [-0.1, -0.05) is 72.8 Å². The average molecular weight is 659 g/mol. The largest absolute Gasteiger partial charge is 0.456 e. The molecule has 50 heavy (non-hydrogen) atoms. The van der Waals surface area contributed by atoms with E-state index in [0.29, 0.717) is 5.89 Å². The molecule has 0 radical (unpaired) electrons. The van der Waals surface area contributed by atoms with Gasteiger partial charge in [-0.2, -0.15) is 0 Å². The van der Waals surface area contributed by atoms with E-state index < -0.39 is 0 Å². The Morgan fingerprint density at radius 3 is 2.02 bits per heavy atom. The highest BCUT2D eigenvalue weighted by molar-refractivity contribution is 7.25. The first-order valence-corrected chi connectivity index (χ1v) is 17.5. The fourth-order valence-electron chi connectivity index (χ4n) is 7.51. The lowest BCUT2D eigenvalue weighted by molar-refractivity contribution is 0.623. The molecule has 11 aromatic rings. The van der Waals surface area contributed by atoms with Crippen LogP contribution >= 0.6 is 11.3 Å². The summed E-state index contributed by atoms with van der Waals surface area (Å²) in [5.74, 6) is 0.630. The molecule has 0 aliphatic carbocycles. The monoisotopic (exact) mass is 658 g/mol. The van der Waals surface area contributed by atoms with Crippen LogP contribution in [0.5, 0.6) is 0 Å². The van der Waals surface area contributed by atoms with Gasteiger partial charge < -0.3 is 13.7 Å². The number of hydrogen-bond acceptors (Lipinski definition) is 5. The molecule has 0 bridgehead atoms. The summed E-state index contributed by atoms with van der Waals surface area (Å²) in [6.45, 7) is 0. The molecule has 0 atom stereocenters. The van der Waals surface area contributed by atoms with Crippen molar-refractivity contribution in [1.29, 1.82) is 0 Å². The Morgan fingerprint density at radius 2 is 1.10 bits per heavy atom. The summed E-state index contributed by atoms with van der Waals surface area (Å²) >= 11 is 1.83. The first-order valence-electron chi connectivity index (χ1n) is 16.7. The van der Waals surface area contributed by atoms with Crippen LogP contribution in [-0.4, -0.2) is 4.98 Å². The predicted octanol–water partition coefficient (Wildman–Crippen LogP) is 13.5. The second-order valence-electron chi connectivity index (χ2n) is 12.8. The summed E-state index contributed by atoms with van der Waals surface area (Å²) in [6.07, 6.45) is 0. The van der Waals surface area contributed by atoms with Gasteiger partial charge in [0.25, 0.3) is 0 Å². The summed E-state index contributed by atoms with van der Waals surface area (Å²) in [4.78, 5) is 7.18. The molecule has 0 fully saturated rings. The van der Waals surface area contributed by atoms with Crippen LogP contribution in [0.2, 0.25) is 0 Å². The van der Waals surface area contributed by atoms with E-state index >= 15 is 0 Å². The minimum Gasteiger partial charge on any atom is -0.456 e. The first-order chi connectivity index (χ1) is 24.7. The summed E-state index contributed by atoms with van der Waals surface area (Å²) in [5.41, 5.74) is 7.54. The van der Waals surface area contributed by atoms with Gasteiger partial charge in [-0.25, -0.2) is 4.98 Å². The lowest BCUT2D eigenvalue weighted by Crippen LogP contribution is -2.09. The van der Waals surface area contributed by atoms with Crippen molar-refractivity contribution in [2.75, 3.05) is 4.90 Å². The highest BCUT2D eigenvalue weighted by Gasteiger charge is 2.19. The minimum absolute atomic E-state index is 0.630. The van der Waals surface area contributed by atoms with Crippen LogP contribution in [0.25, 0.3) is 86.2 Å². The summed E-state index contributed by atoms with van der Waals surface area (Å²) < 4.78 is 15.4. The van der Waals surface area contributed by atoms with Crippen molar-refractivity contribution in [3.63, 3.8) is 0 Å². The van der Waals surface area contributed by atoms with E-state index in [4.69, 9.17) is 13.8 Å². The van der Waals surface area contributed by atoms with Crippen LogP contribution in [0.1, 0.15) is 0 Å². The molecule has 3 aromatic heterocycles. The fraction of sp³-hybridized carbons (Fsp3) is 0. The molecular weight excluding hydrogens is 633 g/mol. The number of oxazole rings is 1. The van der Waals surface area contributed by atoms with Gasteiger partial charge in [0.2, 0.25) is 5.89 Å². The van der Waals surface area contributed by atoms with Gasteiger partial charge in [0, 0.05) is 65.0 Å². The van der Waals surface area contributed by atoms with E-state index in [9.17, 15) is 0 Å². The third-order valence-corrected chi connectivity index (χ3v) is 11.0. The van der Waals surface area contributed by atoms with E-state index in [1.165, 1.54) is 20.2 Å². The zero-order valence-corrected chi connectivity index (χ0v) is 27.4. The van der Waals surface area contributed by atoms with Gasteiger partial charge in [-0.3, -0.25) is 0 Å². The van der Waals surface area contributed by atoms with E-state index in [2.05, 4.69) is 120 Å².